The van der Waals surface area contributed by atoms with E-state index in [1.807, 2.05) is 0 Å². The highest BCUT2D eigenvalue weighted by atomic mass is 16.5. The molecule has 64 valence electrons. The van der Waals surface area contributed by atoms with E-state index in [2.05, 4.69) is 9.64 Å². The summed E-state index contributed by atoms with van der Waals surface area (Å²) in [7, 11) is 1.41. The van der Waals surface area contributed by atoms with Crippen LogP contribution in [0.1, 0.15) is 6.42 Å². The Balaban J connectivity index is 2.06. The first-order chi connectivity index (χ1) is 5.33. The van der Waals surface area contributed by atoms with Gasteiger partial charge in [-0.15, -0.1) is 0 Å². The van der Waals surface area contributed by atoms with E-state index in [4.69, 9.17) is 4.74 Å². The summed E-state index contributed by atoms with van der Waals surface area (Å²) in [6.07, 6.45) is 0.458. The van der Waals surface area contributed by atoms with Crippen molar-refractivity contribution in [2.24, 2.45) is 0 Å². The number of methoxy groups -OCH3 is 1. The fourth-order valence-corrected chi connectivity index (χ4v) is 0.980. The van der Waals surface area contributed by atoms with E-state index in [9.17, 15) is 4.79 Å². The molecule has 0 aromatic rings. The lowest BCUT2D eigenvalue weighted by atomic mass is 10.4. The summed E-state index contributed by atoms with van der Waals surface area (Å²) in [5.41, 5.74) is 0. The minimum absolute atomic E-state index is 0.156. The topological polar surface area (TPSA) is 38.8 Å². The summed E-state index contributed by atoms with van der Waals surface area (Å²) < 4.78 is 9.60. The third-order valence-corrected chi connectivity index (χ3v) is 1.69. The molecule has 0 unspecified atom stereocenters. The van der Waals surface area contributed by atoms with E-state index in [0.29, 0.717) is 13.2 Å². The Morgan fingerprint density at radius 1 is 1.73 bits per heavy atom. The van der Waals surface area contributed by atoms with Gasteiger partial charge < -0.3 is 9.47 Å². The second-order valence-corrected chi connectivity index (χ2v) is 2.48. The minimum atomic E-state index is -0.156. The van der Waals surface area contributed by atoms with E-state index >= 15 is 0 Å². The van der Waals surface area contributed by atoms with Crippen molar-refractivity contribution in [3.63, 3.8) is 0 Å². The Labute approximate surface area is 66.1 Å². The van der Waals surface area contributed by atoms with Gasteiger partial charge in [-0.3, -0.25) is 9.69 Å². The predicted molar refractivity (Wildman–Crippen MR) is 39.0 cm³/mol. The van der Waals surface area contributed by atoms with Gasteiger partial charge in [0.05, 0.1) is 26.9 Å². The molecule has 1 saturated heterocycles. The predicted octanol–water partition coefficient (Wildman–Crippen LogP) is -0.161. The molecule has 0 aromatic heterocycles. The molecule has 0 saturated carbocycles. The van der Waals surface area contributed by atoms with Gasteiger partial charge in [-0.05, 0) is 0 Å². The zero-order chi connectivity index (χ0) is 8.10. The van der Waals surface area contributed by atoms with Crippen molar-refractivity contribution in [3.05, 3.63) is 0 Å². The number of ether oxygens (including phenoxy) is 2. The smallest absolute Gasteiger partial charge is 0.306 e. The van der Waals surface area contributed by atoms with Gasteiger partial charge in [-0.2, -0.15) is 0 Å². The van der Waals surface area contributed by atoms with Crippen molar-refractivity contribution in [1.82, 2.24) is 4.90 Å². The maximum atomic E-state index is 10.7. The number of carbonyl (C=O) groups is 1. The molecule has 0 atom stereocenters. The van der Waals surface area contributed by atoms with Crippen LogP contribution >= 0.6 is 0 Å². The molecule has 1 aliphatic heterocycles. The van der Waals surface area contributed by atoms with Crippen LogP contribution in [0.5, 0.6) is 0 Å². The lowest BCUT2D eigenvalue weighted by Gasteiger charge is -2.10. The monoisotopic (exact) mass is 159 g/mol. The summed E-state index contributed by atoms with van der Waals surface area (Å²) in [6.45, 7) is 3.10. The number of hydrogen-bond acceptors (Lipinski definition) is 4. The number of nitrogens with zero attached hydrogens (tertiary/aromatic N) is 1. The molecule has 0 radical (unpaired) electrons. The van der Waals surface area contributed by atoms with Gasteiger partial charge in [-0.1, -0.05) is 0 Å². The first-order valence-corrected chi connectivity index (χ1v) is 3.70. The number of rotatable bonds is 3. The highest BCUT2D eigenvalue weighted by Gasteiger charge is 2.12. The fraction of sp³-hybridized carbons (Fsp3) is 0.857. The third kappa shape index (κ3) is 2.86. The zero-order valence-corrected chi connectivity index (χ0v) is 6.71. The molecule has 1 rings (SSSR count). The maximum Gasteiger partial charge on any atom is 0.306 e. The van der Waals surface area contributed by atoms with Crippen LogP contribution in [0.3, 0.4) is 0 Å². The van der Waals surface area contributed by atoms with Crippen LogP contribution in [0.2, 0.25) is 0 Å². The maximum absolute atomic E-state index is 10.7. The molecule has 0 N–H and O–H groups in total. The highest BCUT2D eigenvalue weighted by molar-refractivity contribution is 5.69. The van der Waals surface area contributed by atoms with Crippen LogP contribution < -0.4 is 0 Å². The molecule has 1 heterocycles. The average molecular weight is 159 g/mol. The first-order valence-electron chi connectivity index (χ1n) is 3.70. The molecule has 0 bridgehead atoms. The van der Waals surface area contributed by atoms with Crippen molar-refractivity contribution in [1.29, 1.82) is 0 Å². The Morgan fingerprint density at radius 2 is 2.55 bits per heavy atom. The van der Waals surface area contributed by atoms with E-state index in [-0.39, 0.29) is 5.97 Å². The summed E-state index contributed by atoms with van der Waals surface area (Å²) in [5, 5.41) is 0. The Bertz CT molecular complexity index is 132. The highest BCUT2D eigenvalue weighted by Crippen LogP contribution is 1.99. The summed E-state index contributed by atoms with van der Waals surface area (Å²) >= 11 is 0. The van der Waals surface area contributed by atoms with Crippen LogP contribution in [-0.2, 0) is 14.3 Å². The molecule has 0 aliphatic carbocycles. The van der Waals surface area contributed by atoms with Crippen molar-refractivity contribution in [2.45, 2.75) is 6.42 Å². The summed E-state index contributed by atoms with van der Waals surface area (Å²) in [6, 6.07) is 0. The van der Waals surface area contributed by atoms with Gasteiger partial charge in [0.25, 0.3) is 0 Å². The van der Waals surface area contributed by atoms with E-state index in [0.717, 1.165) is 19.7 Å². The standard InChI is InChI=1S/C7H13NO3/c1-10-7(9)2-3-8-4-5-11-6-8/h2-6H2,1H3. The quantitative estimate of drug-likeness (QED) is 0.536. The Hall–Kier alpha value is -0.610. The van der Waals surface area contributed by atoms with Crippen LogP contribution in [0.25, 0.3) is 0 Å². The largest absolute Gasteiger partial charge is 0.469 e. The number of hydrogen-bond donors (Lipinski definition) is 0. The van der Waals surface area contributed by atoms with Crippen LogP contribution in [0, 0.1) is 0 Å². The van der Waals surface area contributed by atoms with Gasteiger partial charge in [0.2, 0.25) is 0 Å². The van der Waals surface area contributed by atoms with Crippen molar-refractivity contribution >= 4 is 5.97 Å². The van der Waals surface area contributed by atoms with Gasteiger partial charge in [0.1, 0.15) is 0 Å². The second kappa shape index (κ2) is 4.31. The molecular weight excluding hydrogens is 146 g/mol. The molecule has 1 aliphatic rings. The van der Waals surface area contributed by atoms with Crippen molar-refractivity contribution in [3.8, 4) is 0 Å². The molecule has 4 heteroatoms. The van der Waals surface area contributed by atoms with Gasteiger partial charge in [-0.25, -0.2) is 0 Å². The molecule has 0 spiro atoms. The number of esters is 1. The Kier molecular flexibility index (Phi) is 3.32. The molecular formula is C7H13NO3. The molecule has 0 aromatic carbocycles. The SMILES string of the molecule is COC(=O)CCN1CCOC1. The lowest BCUT2D eigenvalue weighted by molar-refractivity contribution is -0.141. The molecule has 0 amide bonds. The second-order valence-electron chi connectivity index (χ2n) is 2.48. The summed E-state index contributed by atoms with van der Waals surface area (Å²) in [4.78, 5) is 12.8. The zero-order valence-electron chi connectivity index (χ0n) is 6.71. The Morgan fingerprint density at radius 3 is 3.09 bits per heavy atom. The van der Waals surface area contributed by atoms with Gasteiger partial charge in [0, 0.05) is 13.1 Å². The van der Waals surface area contributed by atoms with E-state index in [1.54, 1.807) is 0 Å². The van der Waals surface area contributed by atoms with Gasteiger partial charge in [0.15, 0.2) is 0 Å². The molecule has 1 fully saturated rings. The lowest BCUT2D eigenvalue weighted by Crippen LogP contribution is -2.23. The number of carbonyl (C=O) groups excluding carboxylic acids is 1. The molecule has 4 nitrogen and oxygen atoms in total. The normalized spacial score (nSPS) is 18.6. The first kappa shape index (κ1) is 8.49. The van der Waals surface area contributed by atoms with Crippen LogP contribution in [0.15, 0.2) is 0 Å². The van der Waals surface area contributed by atoms with E-state index < -0.39 is 0 Å². The third-order valence-electron chi connectivity index (χ3n) is 1.69. The van der Waals surface area contributed by atoms with Crippen molar-refractivity contribution < 1.29 is 14.3 Å². The fourth-order valence-electron chi connectivity index (χ4n) is 0.980. The molecule has 11 heavy (non-hydrogen) atoms. The van der Waals surface area contributed by atoms with Crippen LogP contribution in [0.4, 0.5) is 0 Å². The summed E-state index contributed by atoms with van der Waals surface area (Å²) in [5.74, 6) is -0.156. The average Bonchev–Trinajstić information content (AvgIpc) is 2.52. The minimum Gasteiger partial charge on any atom is -0.469 e. The van der Waals surface area contributed by atoms with E-state index in [1.165, 1.54) is 7.11 Å². The van der Waals surface area contributed by atoms with Gasteiger partial charge >= 0.3 is 5.97 Å². The van der Waals surface area contributed by atoms with Crippen molar-refractivity contribution in [2.75, 3.05) is 33.5 Å². The van der Waals surface area contributed by atoms with Crippen LogP contribution in [-0.4, -0.2) is 44.4 Å².